The summed E-state index contributed by atoms with van der Waals surface area (Å²) in [5.74, 6) is -1.01. The second-order valence-electron chi connectivity index (χ2n) is 5.48. The number of nitrogens with two attached hydrogens (primary N) is 1. The Hall–Kier alpha value is -2.38. The highest BCUT2D eigenvalue weighted by atomic mass is 16.6. The summed E-state index contributed by atoms with van der Waals surface area (Å²) in [5, 5.41) is 11.4. The summed E-state index contributed by atoms with van der Waals surface area (Å²) in [6.45, 7) is 5.10. The zero-order chi connectivity index (χ0) is 16.0. The van der Waals surface area contributed by atoms with Crippen LogP contribution in [0.5, 0.6) is 0 Å². The van der Waals surface area contributed by atoms with Crippen molar-refractivity contribution >= 4 is 18.0 Å². The smallest absolute Gasteiger partial charge is 0.408 e. The first-order valence-corrected chi connectivity index (χ1v) is 6.47. The van der Waals surface area contributed by atoms with E-state index in [9.17, 15) is 9.59 Å². The molecule has 0 aromatic carbocycles. The second-order valence-corrected chi connectivity index (χ2v) is 5.48. The Morgan fingerprint density at radius 1 is 1.48 bits per heavy atom. The first-order chi connectivity index (χ1) is 9.67. The minimum atomic E-state index is -1.14. The molecule has 1 aromatic rings. The van der Waals surface area contributed by atoms with Crippen molar-refractivity contribution < 1.29 is 19.4 Å². The highest BCUT2D eigenvalue weighted by molar-refractivity contribution is 5.80. The van der Waals surface area contributed by atoms with Gasteiger partial charge in [-0.15, -0.1) is 0 Å². The highest BCUT2D eigenvalue weighted by Gasteiger charge is 2.23. The highest BCUT2D eigenvalue weighted by Crippen LogP contribution is 2.08. The van der Waals surface area contributed by atoms with Gasteiger partial charge in [0.25, 0.3) is 0 Å². The van der Waals surface area contributed by atoms with E-state index in [0.29, 0.717) is 12.1 Å². The van der Waals surface area contributed by atoms with Crippen LogP contribution in [0.2, 0.25) is 0 Å². The molecular formula is C13H20N4O4. The van der Waals surface area contributed by atoms with Crippen molar-refractivity contribution in [1.29, 1.82) is 0 Å². The number of carbonyl (C=O) groups excluding carboxylic acids is 1. The van der Waals surface area contributed by atoms with Gasteiger partial charge in [-0.1, -0.05) is 0 Å². The Morgan fingerprint density at radius 3 is 2.67 bits per heavy atom. The molecule has 1 amide bonds. The van der Waals surface area contributed by atoms with Gasteiger partial charge in [-0.3, -0.25) is 0 Å². The number of aryl methyl sites for hydroxylation is 1. The molecule has 1 atom stereocenters. The maximum atomic E-state index is 11.6. The third-order valence-corrected chi connectivity index (χ3v) is 2.41. The number of nitrogen functional groups attached to an aromatic ring is 1. The van der Waals surface area contributed by atoms with Crippen molar-refractivity contribution in [2.24, 2.45) is 0 Å². The Bertz CT molecular complexity index is 513. The number of carbonyl (C=O) groups is 2. The minimum Gasteiger partial charge on any atom is -0.480 e. The molecule has 0 bridgehead atoms. The lowest BCUT2D eigenvalue weighted by Crippen LogP contribution is -2.43. The van der Waals surface area contributed by atoms with Crippen LogP contribution in [0.4, 0.5) is 10.7 Å². The van der Waals surface area contributed by atoms with Gasteiger partial charge in [-0.05, 0) is 39.7 Å². The van der Waals surface area contributed by atoms with Crippen molar-refractivity contribution in [2.45, 2.75) is 45.3 Å². The van der Waals surface area contributed by atoms with Crippen molar-refractivity contribution in [3.05, 3.63) is 18.0 Å². The lowest BCUT2D eigenvalue weighted by molar-refractivity contribution is -0.139. The van der Waals surface area contributed by atoms with Crippen molar-refractivity contribution in [2.75, 3.05) is 5.73 Å². The SMILES string of the molecule is CC(C)(C)OC(=O)N[C@@H](CCc1ccnc(N)n1)C(=O)O. The number of amides is 1. The monoisotopic (exact) mass is 296 g/mol. The van der Waals surface area contributed by atoms with E-state index < -0.39 is 23.7 Å². The summed E-state index contributed by atoms with van der Waals surface area (Å²) >= 11 is 0. The summed E-state index contributed by atoms with van der Waals surface area (Å²) < 4.78 is 5.03. The molecule has 21 heavy (non-hydrogen) atoms. The second kappa shape index (κ2) is 6.87. The molecule has 0 unspecified atom stereocenters. The molecule has 0 fully saturated rings. The number of alkyl carbamates (subject to hydrolysis) is 1. The molecule has 0 radical (unpaired) electrons. The molecule has 1 rings (SSSR count). The van der Waals surface area contributed by atoms with E-state index >= 15 is 0 Å². The third kappa shape index (κ3) is 6.55. The number of anilines is 1. The normalized spacial score (nSPS) is 12.5. The molecule has 0 saturated heterocycles. The van der Waals surface area contributed by atoms with E-state index in [1.165, 1.54) is 6.20 Å². The van der Waals surface area contributed by atoms with Gasteiger partial charge >= 0.3 is 12.1 Å². The Kier molecular flexibility index (Phi) is 5.45. The summed E-state index contributed by atoms with van der Waals surface area (Å²) in [5.41, 5.74) is 5.37. The van der Waals surface area contributed by atoms with Crippen LogP contribution in [-0.2, 0) is 16.0 Å². The number of carboxylic acid groups (broad SMARTS) is 1. The Labute approximate surface area is 122 Å². The maximum Gasteiger partial charge on any atom is 0.408 e. The number of aromatic nitrogens is 2. The average molecular weight is 296 g/mol. The van der Waals surface area contributed by atoms with Crippen LogP contribution in [0.3, 0.4) is 0 Å². The quantitative estimate of drug-likeness (QED) is 0.738. The van der Waals surface area contributed by atoms with Crippen molar-refractivity contribution in [1.82, 2.24) is 15.3 Å². The summed E-state index contributed by atoms with van der Waals surface area (Å²) in [7, 11) is 0. The molecular weight excluding hydrogens is 276 g/mol. The van der Waals surface area contributed by atoms with E-state index in [0.717, 1.165) is 0 Å². The van der Waals surface area contributed by atoms with Crippen LogP contribution in [0, 0.1) is 0 Å². The number of aliphatic carboxylic acids is 1. The van der Waals surface area contributed by atoms with E-state index in [4.69, 9.17) is 15.6 Å². The number of nitrogens with one attached hydrogen (secondary N) is 1. The van der Waals surface area contributed by atoms with E-state index in [1.54, 1.807) is 26.8 Å². The third-order valence-electron chi connectivity index (χ3n) is 2.41. The lowest BCUT2D eigenvalue weighted by Gasteiger charge is -2.21. The van der Waals surface area contributed by atoms with Crippen LogP contribution < -0.4 is 11.1 Å². The predicted octanol–water partition coefficient (Wildman–Crippen LogP) is 0.969. The molecule has 8 heteroatoms. The van der Waals surface area contributed by atoms with Gasteiger partial charge in [0, 0.05) is 11.9 Å². The fourth-order valence-electron chi connectivity index (χ4n) is 1.55. The molecule has 4 N–H and O–H groups in total. The van der Waals surface area contributed by atoms with Gasteiger partial charge in [-0.2, -0.15) is 0 Å². The van der Waals surface area contributed by atoms with Crippen LogP contribution in [-0.4, -0.2) is 38.8 Å². The van der Waals surface area contributed by atoms with Gasteiger partial charge < -0.3 is 20.9 Å². The molecule has 0 aliphatic heterocycles. The van der Waals surface area contributed by atoms with Gasteiger partial charge in [0.2, 0.25) is 5.95 Å². The first kappa shape index (κ1) is 16.7. The van der Waals surface area contributed by atoms with Gasteiger partial charge in [0.1, 0.15) is 11.6 Å². The van der Waals surface area contributed by atoms with Gasteiger partial charge in [-0.25, -0.2) is 19.6 Å². The number of carboxylic acids is 1. The van der Waals surface area contributed by atoms with Crippen LogP contribution >= 0.6 is 0 Å². The maximum absolute atomic E-state index is 11.6. The average Bonchev–Trinajstić information content (AvgIpc) is 2.32. The Morgan fingerprint density at radius 2 is 2.14 bits per heavy atom. The fraction of sp³-hybridized carbons (Fsp3) is 0.538. The van der Waals surface area contributed by atoms with E-state index in [2.05, 4.69) is 15.3 Å². The number of rotatable bonds is 5. The summed E-state index contributed by atoms with van der Waals surface area (Å²) in [6, 6.07) is 0.582. The van der Waals surface area contributed by atoms with Crippen LogP contribution in [0.15, 0.2) is 12.3 Å². The topological polar surface area (TPSA) is 127 Å². The Balaban J connectivity index is 2.58. The van der Waals surface area contributed by atoms with E-state index in [-0.39, 0.29) is 12.4 Å². The predicted molar refractivity (Wildman–Crippen MR) is 75.6 cm³/mol. The van der Waals surface area contributed by atoms with Crippen LogP contribution in [0.25, 0.3) is 0 Å². The van der Waals surface area contributed by atoms with Gasteiger partial charge in [0.05, 0.1) is 0 Å². The number of hydrogen-bond donors (Lipinski definition) is 3. The molecule has 0 saturated carbocycles. The zero-order valence-corrected chi connectivity index (χ0v) is 12.3. The molecule has 1 heterocycles. The first-order valence-electron chi connectivity index (χ1n) is 6.47. The zero-order valence-electron chi connectivity index (χ0n) is 12.3. The van der Waals surface area contributed by atoms with Crippen molar-refractivity contribution in [3.8, 4) is 0 Å². The molecule has 1 aromatic heterocycles. The molecule has 0 aliphatic rings. The summed E-state index contributed by atoms with van der Waals surface area (Å²) in [6.07, 6.45) is 1.25. The number of hydrogen-bond acceptors (Lipinski definition) is 6. The largest absolute Gasteiger partial charge is 0.480 e. The minimum absolute atomic E-state index is 0.125. The van der Waals surface area contributed by atoms with Crippen LogP contribution in [0.1, 0.15) is 32.9 Å². The molecule has 0 spiro atoms. The van der Waals surface area contributed by atoms with E-state index in [1.807, 2.05) is 0 Å². The number of nitrogens with zero attached hydrogens (tertiary/aromatic N) is 2. The lowest BCUT2D eigenvalue weighted by atomic mass is 10.1. The summed E-state index contributed by atoms with van der Waals surface area (Å²) in [4.78, 5) is 30.5. The standard InChI is InChI=1S/C13H20N4O4/c1-13(2,3)21-12(20)17-9(10(18)19)5-4-8-6-7-15-11(14)16-8/h6-7,9H,4-5H2,1-3H3,(H,17,20)(H,18,19)(H2,14,15,16)/t9-/m0/s1. The number of ether oxygens (including phenoxy) is 1. The fourth-order valence-corrected chi connectivity index (χ4v) is 1.55. The molecule has 8 nitrogen and oxygen atoms in total. The molecule has 116 valence electrons. The van der Waals surface area contributed by atoms with Crippen molar-refractivity contribution in [3.63, 3.8) is 0 Å². The van der Waals surface area contributed by atoms with Gasteiger partial charge in [0.15, 0.2) is 0 Å². The molecule has 0 aliphatic carbocycles.